The number of carbonyl (C=O) groups excluding carboxylic acids is 1. The van der Waals surface area contributed by atoms with Crippen LogP contribution >= 0.6 is 0 Å². The fourth-order valence-electron chi connectivity index (χ4n) is 2.87. The molecule has 0 saturated carbocycles. The molecular weight excluding hydrogens is 320 g/mol. The van der Waals surface area contributed by atoms with Crippen molar-refractivity contribution < 1.29 is 19.5 Å². The Morgan fingerprint density at radius 3 is 2.64 bits per heavy atom. The fourth-order valence-corrected chi connectivity index (χ4v) is 2.87. The van der Waals surface area contributed by atoms with Crippen molar-refractivity contribution in [2.45, 2.75) is 59.0 Å². The van der Waals surface area contributed by atoms with Gasteiger partial charge in [-0.2, -0.15) is 0 Å². The molecule has 140 valence electrons. The van der Waals surface area contributed by atoms with Crippen LogP contribution in [0.3, 0.4) is 0 Å². The van der Waals surface area contributed by atoms with Gasteiger partial charge in [-0.3, -0.25) is 9.59 Å². The molecule has 3 N–H and O–H groups in total. The number of allylic oxidation sites excluding steroid dienone is 3. The number of amides is 1. The normalized spacial score (nSPS) is 19.2. The van der Waals surface area contributed by atoms with E-state index in [1.807, 2.05) is 6.92 Å². The lowest BCUT2D eigenvalue weighted by Crippen LogP contribution is -2.42. The third-order valence-electron chi connectivity index (χ3n) is 4.54. The van der Waals surface area contributed by atoms with E-state index >= 15 is 0 Å². The van der Waals surface area contributed by atoms with E-state index in [1.54, 1.807) is 6.08 Å². The molecule has 1 amide bonds. The quantitative estimate of drug-likeness (QED) is 0.498. The second kappa shape index (κ2) is 10.7. The van der Waals surface area contributed by atoms with Gasteiger partial charge in [-0.25, -0.2) is 0 Å². The molecule has 6 heteroatoms. The molecule has 0 spiro atoms. The Labute approximate surface area is 150 Å². The minimum absolute atomic E-state index is 0.0806. The summed E-state index contributed by atoms with van der Waals surface area (Å²) in [6.07, 6.45) is 7.98. The van der Waals surface area contributed by atoms with E-state index in [9.17, 15) is 14.7 Å². The molecule has 1 rings (SSSR count). The van der Waals surface area contributed by atoms with E-state index in [2.05, 4.69) is 37.3 Å². The first kappa shape index (κ1) is 21.0. The van der Waals surface area contributed by atoms with Gasteiger partial charge in [0.2, 0.25) is 5.91 Å². The smallest absolute Gasteiger partial charge is 0.307 e. The lowest BCUT2D eigenvalue weighted by atomic mass is 9.80. The van der Waals surface area contributed by atoms with Gasteiger partial charge < -0.3 is 15.3 Å². The standard InChI is InChI=1S/C19H30N2O4/c1-5-13(3)8-7-9-14(4)15(6-2)16(19(23)24)12-18(22)20-17-10-11-25-21-17/h8,10-11,15-17,21H,4-7,9,12H2,1-3H3,(H,20,22)(H,23,24)/b13-8-. The van der Waals surface area contributed by atoms with Crippen LogP contribution in [0, 0.1) is 11.8 Å². The second-order valence-electron chi connectivity index (χ2n) is 6.37. The van der Waals surface area contributed by atoms with Crippen LogP contribution in [0.5, 0.6) is 0 Å². The third kappa shape index (κ3) is 7.13. The molecule has 3 unspecified atom stereocenters. The van der Waals surface area contributed by atoms with Gasteiger partial charge in [0.1, 0.15) is 12.4 Å². The summed E-state index contributed by atoms with van der Waals surface area (Å²) in [4.78, 5) is 28.7. The Kier molecular flexibility index (Phi) is 8.99. The predicted octanol–water partition coefficient (Wildman–Crippen LogP) is 3.29. The first-order chi connectivity index (χ1) is 11.9. The molecule has 25 heavy (non-hydrogen) atoms. The number of carboxylic acids is 1. The van der Waals surface area contributed by atoms with Crippen LogP contribution in [0.1, 0.15) is 52.9 Å². The summed E-state index contributed by atoms with van der Waals surface area (Å²) in [5.41, 5.74) is 4.79. The Hall–Kier alpha value is -2.08. The fraction of sp³-hybridized carbons (Fsp3) is 0.579. The van der Waals surface area contributed by atoms with Gasteiger partial charge in [0.15, 0.2) is 0 Å². The van der Waals surface area contributed by atoms with Crippen molar-refractivity contribution in [1.82, 2.24) is 10.8 Å². The van der Waals surface area contributed by atoms with E-state index < -0.39 is 18.1 Å². The van der Waals surface area contributed by atoms with Crippen molar-refractivity contribution in [3.63, 3.8) is 0 Å². The van der Waals surface area contributed by atoms with Crippen LogP contribution in [0.4, 0.5) is 0 Å². The summed E-state index contributed by atoms with van der Waals surface area (Å²) >= 11 is 0. The van der Waals surface area contributed by atoms with Crippen molar-refractivity contribution in [3.8, 4) is 0 Å². The molecule has 0 aromatic heterocycles. The first-order valence-corrected chi connectivity index (χ1v) is 8.82. The maximum Gasteiger partial charge on any atom is 0.307 e. The van der Waals surface area contributed by atoms with Gasteiger partial charge in [0.25, 0.3) is 0 Å². The monoisotopic (exact) mass is 350 g/mol. The van der Waals surface area contributed by atoms with Crippen LogP contribution in [-0.2, 0) is 14.4 Å². The van der Waals surface area contributed by atoms with E-state index in [1.165, 1.54) is 11.8 Å². The molecular formula is C19H30N2O4. The average Bonchev–Trinajstić information content (AvgIpc) is 3.07. The third-order valence-corrected chi connectivity index (χ3v) is 4.54. The molecule has 0 fully saturated rings. The molecule has 3 atom stereocenters. The number of carboxylic acid groups (broad SMARTS) is 1. The Balaban J connectivity index is 2.65. The zero-order valence-electron chi connectivity index (χ0n) is 15.4. The topological polar surface area (TPSA) is 87.7 Å². The van der Waals surface area contributed by atoms with E-state index in [0.29, 0.717) is 6.42 Å². The van der Waals surface area contributed by atoms with Crippen LogP contribution in [-0.4, -0.2) is 23.1 Å². The average molecular weight is 350 g/mol. The van der Waals surface area contributed by atoms with Gasteiger partial charge in [-0.1, -0.05) is 37.6 Å². The molecule has 1 aliphatic heterocycles. The highest BCUT2D eigenvalue weighted by Gasteiger charge is 2.31. The lowest BCUT2D eigenvalue weighted by Gasteiger charge is -2.25. The molecule has 0 bridgehead atoms. The lowest BCUT2D eigenvalue weighted by molar-refractivity contribution is -0.145. The Morgan fingerprint density at radius 1 is 1.40 bits per heavy atom. The van der Waals surface area contributed by atoms with Crippen LogP contribution in [0.2, 0.25) is 0 Å². The largest absolute Gasteiger partial charge is 0.481 e. The highest BCUT2D eigenvalue weighted by atomic mass is 16.6. The van der Waals surface area contributed by atoms with Crippen LogP contribution in [0.25, 0.3) is 0 Å². The van der Waals surface area contributed by atoms with Gasteiger partial charge in [-0.15, -0.1) is 5.48 Å². The molecule has 1 heterocycles. The summed E-state index contributed by atoms with van der Waals surface area (Å²) in [7, 11) is 0. The van der Waals surface area contributed by atoms with E-state index in [0.717, 1.165) is 24.8 Å². The summed E-state index contributed by atoms with van der Waals surface area (Å²) in [5, 5.41) is 12.3. The van der Waals surface area contributed by atoms with Crippen molar-refractivity contribution >= 4 is 11.9 Å². The summed E-state index contributed by atoms with van der Waals surface area (Å²) in [6.45, 7) is 10.2. The molecule has 1 aliphatic rings. The predicted molar refractivity (Wildman–Crippen MR) is 97.2 cm³/mol. The SMILES string of the molecule is C=C(CC/C=C(/C)CC)C(CC)C(CC(=O)NC1C=CON1)C(=O)O. The summed E-state index contributed by atoms with van der Waals surface area (Å²) < 4.78 is 0. The highest BCUT2D eigenvalue weighted by molar-refractivity contribution is 5.83. The summed E-state index contributed by atoms with van der Waals surface area (Å²) in [5.74, 6) is -2.29. The first-order valence-electron chi connectivity index (χ1n) is 8.82. The molecule has 0 aromatic rings. The molecule has 0 saturated heterocycles. The molecule has 0 aliphatic carbocycles. The van der Waals surface area contributed by atoms with E-state index in [4.69, 9.17) is 4.84 Å². The summed E-state index contributed by atoms with van der Waals surface area (Å²) in [6, 6.07) is 0. The maximum absolute atomic E-state index is 12.2. The van der Waals surface area contributed by atoms with Gasteiger partial charge in [0.05, 0.1) is 5.92 Å². The minimum atomic E-state index is -0.963. The van der Waals surface area contributed by atoms with Gasteiger partial charge >= 0.3 is 5.97 Å². The van der Waals surface area contributed by atoms with Crippen molar-refractivity contribution in [2.75, 3.05) is 0 Å². The zero-order valence-corrected chi connectivity index (χ0v) is 15.4. The van der Waals surface area contributed by atoms with E-state index in [-0.39, 0.29) is 18.2 Å². The number of carbonyl (C=O) groups is 2. The number of hydrogen-bond donors (Lipinski definition) is 3. The maximum atomic E-state index is 12.2. The Bertz CT molecular complexity index is 540. The Morgan fingerprint density at radius 2 is 2.12 bits per heavy atom. The van der Waals surface area contributed by atoms with Gasteiger partial charge in [-0.05, 0) is 44.6 Å². The molecule has 0 radical (unpaired) electrons. The van der Waals surface area contributed by atoms with Crippen molar-refractivity contribution in [3.05, 3.63) is 36.1 Å². The molecule has 6 nitrogen and oxygen atoms in total. The molecule has 0 aromatic carbocycles. The number of nitrogens with one attached hydrogen (secondary N) is 2. The number of aliphatic carboxylic acids is 1. The highest BCUT2D eigenvalue weighted by Crippen LogP contribution is 2.29. The van der Waals surface area contributed by atoms with Crippen LogP contribution < -0.4 is 10.8 Å². The minimum Gasteiger partial charge on any atom is -0.481 e. The number of hydroxylamine groups is 1. The second-order valence-corrected chi connectivity index (χ2v) is 6.37. The zero-order chi connectivity index (χ0) is 18.8. The van der Waals surface area contributed by atoms with Crippen molar-refractivity contribution in [2.24, 2.45) is 11.8 Å². The van der Waals surface area contributed by atoms with Gasteiger partial charge in [0, 0.05) is 6.42 Å². The van der Waals surface area contributed by atoms with Crippen molar-refractivity contribution in [1.29, 1.82) is 0 Å². The number of rotatable bonds is 11. The number of hydrogen-bond acceptors (Lipinski definition) is 4. The van der Waals surface area contributed by atoms with Crippen LogP contribution in [0.15, 0.2) is 36.1 Å².